The highest BCUT2D eigenvalue weighted by molar-refractivity contribution is 5.67. The van der Waals surface area contributed by atoms with E-state index in [1.54, 1.807) is 7.11 Å². The zero-order valence-corrected chi connectivity index (χ0v) is 13.5. The van der Waals surface area contributed by atoms with E-state index in [2.05, 4.69) is 17.6 Å². The number of carbonyl (C=O) groups is 1. The van der Waals surface area contributed by atoms with E-state index in [9.17, 15) is 4.79 Å². The Balaban J connectivity index is 2.27. The maximum Gasteiger partial charge on any atom is 0.407 e. The SMILES string of the molecule is COc1ccc(C(C)NCCNC(=O)OC(C)(C)C)cc1. The summed E-state index contributed by atoms with van der Waals surface area (Å²) in [5.74, 6) is 0.845. The molecule has 1 rings (SSSR count). The van der Waals surface area contributed by atoms with Crippen LogP contribution in [0.3, 0.4) is 0 Å². The zero-order chi connectivity index (χ0) is 15.9. The van der Waals surface area contributed by atoms with Crippen LogP contribution in [0.5, 0.6) is 5.75 Å². The van der Waals surface area contributed by atoms with E-state index in [4.69, 9.17) is 9.47 Å². The molecule has 1 amide bonds. The molecule has 0 saturated heterocycles. The van der Waals surface area contributed by atoms with Gasteiger partial charge in [-0.25, -0.2) is 4.79 Å². The Morgan fingerprint density at radius 2 is 1.81 bits per heavy atom. The van der Waals surface area contributed by atoms with Crippen LogP contribution in [0.1, 0.15) is 39.3 Å². The molecule has 0 fully saturated rings. The minimum Gasteiger partial charge on any atom is -0.497 e. The second-order valence-corrected chi connectivity index (χ2v) is 5.88. The molecule has 118 valence electrons. The van der Waals surface area contributed by atoms with Crippen molar-refractivity contribution in [2.24, 2.45) is 0 Å². The molecule has 0 aliphatic carbocycles. The van der Waals surface area contributed by atoms with Gasteiger partial charge in [0, 0.05) is 19.1 Å². The summed E-state index contributed by atoms with van der Waals surface area (Å²) in [7, 11) is 1.65. The Kier molecular flexibility index (Phi) is 6.49. The van der Waals surface area contributed by atoms with Crippen molar-refractivity contribution in [2.75, 3.05) is 20.2 Å². The summed E-state index contributed by atoms with van der Waals surface area (Å²) in [4.78, 5) is 11.5. The van der Waals surface area contributed by atoms with E-state index in [0.29, 0.717) is 13.1 Å². The Hall–Kier alpha value is -1.75. The molecular formula is C16H26N2O3. The van der Waals surface area contributed by atoms with Crippen molar-refractivity contribution in [3.05, 3.63) is 29.8 Å². The number of nitrogens with one attached hydrogen (secondary N) is 2. The number of methoxy groups -OCH3 is 1. The lowest BCUT2D eigenvalue weighted by atomic mass is 10.1. The summed E-state index contributed by atoms with van der Waals surface area (Å²) in [6.07, 6.45) is -0.388. The average Bonchev–Trinajstić information content (AvgIpc) is 2.41. The highest BCUT2D eigenvalue weighted by Gasteiger charge is 2.15. The maximum atomic E-state index is 11.5. The summed E-state index contributed by atoms with van der Waals surface area (Å²) in [6.45, 7) is 8.81. The Morgan fingerprint density at radius 3 is 2.33 bits per heavy atom. The van der Waals surface area contributed by atoms with Gasteiger partial charge in [0.05, 0.1) is 7.11 Å². The van der Waals surface area contributed by atoms with Gasteiger partial charge in [-0.15, -0.1) is 0 Å². The molecule has 1 aromatic carbocycles. The fourth-order valence-electron chi connectivity index (χ4n) is 1.78. The molecule has 0 aliphatic heterocycles. The number of carbonyl (C=O) groups excluding carboxylic acids is 1. The maximum absolute atomic E-state index is 11.5. The number of ether oxygens (including phenoxy) is 2. The van der Waals surface area contributed by atoms with Gasteiger partial charge >= 0.3 is 6.09 Å². The second-order valence-electron chi connectivity index (χ2n) is 5.88. The summed E-state index contributed by atoms with van der Waals surface area (Å²) < 4.78 is 10.3. The molecule has 2 N–H and O–H groups in total. The molecule has 1 aromatic rings. The zero-order valence-electron chi connectivity index (χ0n) is 13.5. The first kappa shape index (κ1) is 17.3. The number of hydrogen-bond donors (Lipinski definition) is 2. The summed E-state index contributed by atoms with van der Waals surface area (Å²) in [6, 6.07) is 8.13. The summed E-state index contributed by atoms with van der Waals surface area (Å²) in [5.41, 5.74) is 0.710. The van der Waals surface area contributed by atoms with Gasteiger partial charge in [0.25, 0.3) is 0 Å². The number of rotatable bonds is 6. The van der Waals surface area contributed by atoms with Gasteiger partial charge in [-0.3, -0.25) is 0 Å². The van der Waals surface area contributed by atoms with Gasteiger partial charge in [0.15, 0.2) is 0 Å². The smallest absolute Gasteiger partial charge is 0.407 e. The first-order chi connectivity index (χ1) is 9.81. The van der Waals surface area contributed by atoms with Crippen molar-refractivity contribution in [1.29, 1.82) is 0 Å². The van der Waals surface area contributed by atoms with Crippen molar-refractivity contribution < 1.29 is 14.3 Å². The fraction of sp³-hybridized carbons (Fsp3) is 0.562. The van der Waals surface area contributed by atoms with E-state index < -0.39 is 5.60 Å². The Morgan fingerprint density at radius 1 is 1.19 bits per heavy atom. The van der Waals surface area contributed by atoms with Gasteiger partial charge < -0.3 is 20.1 Å². The average molecular weight is 294 g/mol. The molecule has 21 heavy (non-hydrogen) atoms. The van der Waals surface area contributed by atoms with E-state index in [1.165, 1.54) is 5.56 Å². The third kappa shape index (κ3) is 6.99. The molecule has 1 unspecified atom stereocenters. The van der Waals surface area contributed by atoms with Crippen LogP contribution in [0.4, 0.5) is 4.79 Å². The third-order valence-electron chi connectivity index (χ3n) is 2.86. The highest BCUT2D eigenvalue weighted by atomic mass is 16.6. The lowest BCUT2D eigenvalue weighted by molar-refractivity contribution is 0.0528. The number of hydrogen-bond acceptors (Lipinski definition) is 4. The molecule has 0 spiro atoms. The largest absolute Gasteiger partial charge is 0.497 e. The Labute approximate surface area is 127 Å². The first-order valence-corrected chi connectivity index (χ1v) is 7.16. The minimum absolute atomic E-state index is 0.205. The van der Waals surface area contributed by atoms with Crippen molar-refractivity contribution in [1.82, 2.24) is 10.6 Å². The predicted molar refractivity (Wildman–Crippen MR) is 83.6 cm³/mol. The van der Waals surface area contributed by atoms with Crippen LogP contribution >= 0.6 is 0 Å². The third-order valence-corrected chi connectivity index (χ3v) is 2.86. The normalized spacial score (nSPS) is 12.6. The van der Waals surface area contributed by atoms with Crippen LogP contribution in [0.2, 0.25) is 0 Å². The molecular weight excluding hydrogens is 268 g/mol. The lowest BCUT2D eigenvalue weighted by Crippen LogP contribution is -2.36. The number of alkyl carbamates (subject to hydrolysis) is 1. The second kappa shape index (κ2) is 7.88. The summed E-state index contributed by atoms with van der Waals surface area (Å²) in [5, 5.41) is 6.06. The molecule has 0 saturated carbocycles. The highest BCUT2D eigenvalue weighted by Crippen LogP contribution is 2.16. The molecule has 5 nitrogen and oxygen atoms in total. The number of amides is 1. The van der Waals surface area contributed by atoms with Crippen molar-refractivity contribution in [3.63, 3.8) is 0 Å². The van der Waals surface area contributed by atoms with Crippen LogP contribution in [0, 0.1) is 0 Å². The van der Waals surface area contributed by atoms with Crippen molar-refractivity contribution in [3.8, 4) is 5.75 Å². The van der Waals surface area contributed by atoms with Gasteiger partial charge in [-0.2, -0.15) is 0 Å². The van der Waals surface area contributed by atoms with Gasteiger partial charge in [-0.1, -0.05) is 12.1 Å². The number of benzene rings is 1. The van der Waals surface area contributed by atoms with Crippen molar-refractivity contribution >= 4 is 6.09 Å². The standard InChI is InChI=1S/C16H26N2O3/c1-12(13-6-8-14(20-5)9-7-13)17-10-11-18-15(19)21-16(2,3)4/h6-9,12,17H,10-11H2,1-5H3,(H,18,19). The van der Waals surface area contributed by atoms with Crippen LogP contribution in [-0.2, 0) is 4.74 Å². The fourth-order valence-corrected chi connectivity index (χ4v) is 1.78. The van der Waals surface area contributed by atoms with E-state index in [0.717, 1.165) is 5.75 Å². The summed E-state index contributed by atoms with van der Waals surface area (Å²) >= 11 is 0. The van der Waals surface area contributed by atoms with Gasteiger partial charge in [0.1, 0.15) is 11.4 Å². The molecule has 0 heterocycles. The van der Waals surface area contributed by atoms with Crippen LogP contribution in [0.25, 0.3) is 0 Å². The van der Waals surface area contributed by atoms with Crippen LogP contribution < -0.4 is 15.4 Å². The Bertz CT molecular complexity index is 438. The topological polar surface area (TPSA) is 59.6 Å². The molecule has 0 aromatic heterocycles. The predicted octanol–water partition coefficient (Wildman–Crippen LogP) is 2.87. The van der Waals surface area contributed by atoms with Gasteiger partial charge in [-0.05, 0) is 45.4 Å². The molecule has 0 aliphatic rings. The van der Waals surface area contributed by atoms with Gasteiger partial charge in [0.2, 0.25) is 0 Å². The monoisotopic (exact) mass is 294 g/mol. The molecule has 0 radical (unpaired) electrons. The van der Waals surface area contributed by atoms with E-state index >= 15 is 0 Å². The first-order valence-electron chi connectivity index (χ1n) is 7.16. The van der Waals surface area contributed by atoms with Crippen LogP contribution in [-0.4, -0.2) is 31.9 Å². The van der Waals surface area contributed by atoms with Crippen LogP contribution in [0.15, 0.2) is 24.3 Å². The minimum atomic E-state index is -0.464. The molecule has 0 bridgehead atoms. The quantitative estimate of drug-likeness (QED) is 0.792. The van der Waals surface area contributed by atoms with E-state index in [1.807, 2.05) is 45.0 Å². The molecule has 1 atom stereocenters. The van der Waals surface area contributed by atoms with E-state index in [-0.39, 0.29) is 12.1 Å². The lowest BCUT2D eigenvalue weighted by Gasteiger charge is -2.20. The molecule has 5 heteroatoms. The van der Waals surface area contributed by atoms with Crippen molar-refractivity contribution in [2.45, 2.75) is 39.3 Å².